The van der Waals surface area contributed by atoms with Gasteiger partial charge in [0.15, 0.2) is 0 Å². The summed E-state index contributed by atoms with van der Waals surface area (Å²) in [7, 11) is -0.550. The zero-order chi connectivity index (χ0) is 20.5. The molecule has 0 bridgehead atoms. The van der Waals surface area contributed by atoms with E-state index in [4.69, 9.17) is 16.3 Å². The van der Waals surface area contributed by atoms with E-state index in [1.807, 2.05) is 18.2 Å². The fraction of sp³-hybridized carbons (Fsp3) is 0.316. The number of nitrogens with one attached hydrogen (secondary N) is 1. The second-order valence-corrected chi connectivity index (χ2v) is 9.66. The van der Waals surface area contributed by atoms with Crippen molar-refractivity contribution in [2.75, 3.05) is 14.2 Å². The fourth-order valence-electron chi connectivity index (χ4n) is 2.74. The number of methoxy groups -OCH3 is 1. The summed E-state index contributed by atoms with van der Waals surface area (Å²) < 4.78 is 33.8. The topological polar surface area (TPSA) is 75.7 Å². The number of sulfonamides is 1. The van der Waals surface area contributed by atoms with E-state index in [1.165, 1.54) is 23.1 Å². The quantitative estimate of drug-likeness (QED) is 0.644. The van der Waals surface area contributed by atoms with Crippen LogP contribution < -0.4 is 9.46 Å². The Morgan fingerprint density at radius 2 is 2.00 bits per heavy atom. The lowest BCUT2D eigenvalue weighted by atomic mass is 10.1. The Morgan fingerprint density at radius 1 is 1.29 bits per heavy atom. The number of rotatable bonds is 7. The maximum absolute atomic E-state index is 12.9. The average Bonchev–Trinajstić information content (AvgIpc) is 3.44. The smallest absolute Gasteiger partial charge is 0.253 e. The second kappa shape index (κ2) is 8.41. The molecule has 0 saturated heterocycles. The molecule has 3 rings (SSSR count). The van der Waals surface area contributed by atoms with Gasteiger partial charge in [0.25, 0.3) is 5.91 Å². The molecule has 1 aliphatic carbocycles. The SMILES string of the molecule is COc1ccc(Br)cc1CN(C)C(=O)c1ccc(Cl)c(S(=O)(=O)NC2CC2)c1. The van der Waals surface area contributed by atoms with Crippen LogP contribution in [-0.4, -0.2) is 39.4 Å². The van der Waals surface area contributed by atoms with Crippen molar-refractivity contribution in [2.24, 2.45) is 0 Å². The molecule has 0 spiro atoms. The van der Waals surface area contributed by atoms with Crippen LogP contribution in [0.3, 0.4) is 0 Å². The van der Waals surface area contributed by atoms with Crippen LogP contribution in [-0.2, 0) is 16.6 Å². The molecule has 1 fully saturated rings. The monoisotopic (exact) mass is 486 g/mol. The fourth-order valence-corrected chi connectivity index (χ4v) is 4.98. The minimum atomic E-state index is -3.76. The summed E-state index contributed by atoms with van der Waals surface area (Å²) in [6, 6.07) is 9.78. The molecule has 1 aliphatic rings. The van der Waals surface area contributed by atoms with Gasteiger partial charge in [0.2, 0.25) is 10.0 Å². The number of carbonyl (C=O) groups excluding carboxylic acids is 1. The Kier molecular flexibility index (Phi) is 6.34. The molecule has 6 nitrogen and oxygen atoms in total. The van der Waals surface area contributed by atoms with Gasteiger partial charge in [-0.15, -0.1) is 0 Å². The van der Waals surface area contributed by atoms with Crippen LogP contribution in [0.1, 0.15) is 28.8 Å². The van der Waals surface area contributed by atoms with Crippen molar-refractivity contribution in [1.82, 2.24) is 9.62 Å². The number of hydrogen-bond acceptors (Lipinski definition) is 4. The largest absolute Gasteiger partial charge is 0.496 e. The summed E-state index contributed by atoms with van der Waals surface area (Å²) in [4.78, 5) is 14.3. The van der Waals surface area contributed by atoms with Crippen molar-refractivity contribution in [1.29, 1.82) is 0 Å². The molecule has 2 aromatic rings. The van der Waals surface area contributed by atoms with Gasteiger partial charge in [0, 0.05) is 35.2 Å². The summed E-state index contributed by atoms with van der Waals surface area (Å²) in [5.74, 6) is 0.345. The average molecular weight is 488 g/mol. The lowest BCUT2D eigenvalue weighted by Crippen LogP contribution is -2.28. The minimum absolute atomic E-state index is 0.0490. The van der Waals surface area contributed by atoms with E-state index in [9.17, 15) is 13.2 Å². The third-order valence-electron chi connectivity index (χ3n) is 4.36. The van der Waals surface area contributed by atoms with Crippen molar-refractivity contribution < 1.29 is 17.9 Å². The Labute approximate surface area is 178 Å². The molecule has 2 aromatic carbocycles. The van der Waals surface area contributed by atoms with Gasteiger partial charge in [-0.25, -0.2) is 13.1 Å². The van der Waals surface area contributed by atoms with E-state index in [0.717, 1.165) is 22.9 Å². The molecule has 0 atom stereocenters. The predicted molar refractivity (Wildman–Crippen MR) is 111 cm³/mol. The summed E-state index contributed by atoms with van der Waals surface area (Å²) in [6.07, 6.45) is 1.62. The summed E-state index contributed by atoms with van der Waals surface area (Å²) in [5.41, 5.74) is 1.07. The van der Waals surface area contributed by atoms with Gasteiger partial charge >= 0.3 is 0 Å². The van der Waals surface area contributed by atoms with Crippen molar-refractivity contribution in [3.05, 3.63) is 57.0 Å². The highest BCUT2D eigenvalue weighted by atomic mass is 79.9. The number of carbonyl (C=O) groups is 1. The van der Waals surface area contributed by atoms with Gasteiger partial charge in [-0.3, -0.25) is 4.79 Å². The van der Waals surface area contributed by atoms with E-state index in [-0.39, 0.29) is 27.4 Å². The zero-order valence-electron chi connectivity index (χ0n) is 15.4. The summed E-state index contributed by atoms with van der Waals surface area (Å²) >= 11 is 9.50. The van der Waals surface area contributed by atoms with Crippen LogP contribution in [0.2, 0.25) is 5.02 Å². The van der Waals surface area contributed by atoms with E-state index < -0.39 is 10.0 Å². The Bertz CT molecular complexity index is 1010. The second-order valence-electron chi connectivity index (χ2n) is 6.66. The molecule has 0 heterocycles. The highest BCUT2D eigenvalue weighted by molar-refractivity contribution is 9.10. The first kappa shape index (κ1) is 21.1. The van der Waals surface area contributed by atoms with Gasteiger partial charge in [-0.05, 0) is 49.2 Å². The van der Waals surface area contributed by atoms with Gasteiger partial charge in [-0.1, -0.05) is 27.5 Å². The molecule has 0 aromatic heterocycles. The third kappa shape index (κ3) is 4.86. The number of hydrogen-bond donors (Lipinski definition) is 1. The standard InChI is InChI=1S/C19H20BrClN2O4S/c1-23(11-13-9-14(20)4-8-17(13)27-2)19(24)12-3-7-16(21)18(10-12)28(25,26)22-15-5-6-15/h3-4,7-10,15,22H,5-6,11H2,1-2H3. The van der Waals surface area contributed by atoms with Gasteiger partial charge < -0.3 is 9.64 Å². The lowest BCUT2D eigenvalue weighted by Gasteiger charge is -2.20. The van der Waals surface area contributed by atoms with Gasteiger partial charge in [0.05, 0.1) is 12.1 Å². The summed E-state index contributed by atoms with van der Waals surface area (Å²) in [6.45, 7) is 0.298. The Hall–Kier alpha value is -1.61. The molecule has 1 N–H and O–H groups in total. The van der Waals surface area contributed by atoms with Crippen LogP contribution in [0.4, 0.5) is 0 Å². The predicted octanol–water partition coefficient (Wildman–Crippen LogP) is 3.82. The van der Waals surface area contributed by atoms with E-state index in [2.05, 4.69) is 20.7 Å². The molecule has 9 heteroatoms. The van der Waals surface area contributed by atoms with Crippen LogP contribution >= 0.6 is 27.5 Å². The Balaban J connectivity index is 1.84. The summed E-state index contributed by atoms with van der Waals surface area (Å²) in [5, 5.41) is 0.0843. The van der Waals surface area contributed by atoms with Crippen LogP contribution in [0.25, 0.3) is 0 Å². The van der Waals surface area contributed by atoms with Gasteiger partial charge in [0.1, 0.15) is 10.6 Å². The number of amides is 1. The molecule has 1 amide bonds. The van der Waals surface area contributed by atoms with Crippen LogP contribution in [0.15, 0.2) is 45.8 Å². The maximum Gasteiger partial charge on any atom is 0.253 e. The molecule has 150 valence electrons. The number of benzene rings is 2. The van der Waals surface area contributed by atoms with Crippen molar-refractivity contribution in [3.8, 4) is 5.75 Å². The molecular weight excluding hydrogens is 468 g/mol. The normalized spacial score (nSPS) is 14.0. The molecule has 0 radical (unpaired) electrons. The molecule has 0 unspecified atom stereocenters. The third-order valence-corrected chi connectivity index (χ3v) is 6.86. The van der Waals surface area contributed by atoms with E-state index in [0.29, 0.717) is 12.3 Å². The first-order valence-electron chi connectivity index (χ1n) is 8.61. The lowest BCUT2D eigenvalue weighted by molar-refractivity contribution is 0.0784. The van der Waals surface area contributed by atoms with Gasteiger partial charge in [-0.2, -0.15) is 0 Å². The van der Waals surface area contributed by atoms with Crippen LogP contribution in [0.5, 0.6) is 5.75 Å². The Morgan fingerprint density at radius 3 is 2.64 bits per heavy atom. The number of nitrogens with zero attached hydrogens (tertiary/aromatic N) is 1. The van der Waals surface area contributed by atoms with Crippen molar-refractivity contribution >= 4 is 43.5 Å². The molecule has 1 saturated carbocycles. The van der Waals surface area contributed by atoms with Crippen molar-refractivity contribution in [2.45, 2.75) is 30.3 Å². The molecule has 0 aliphatic heterocycles. The first-order valence-corrected chi connectivity index (χ1v) is 11.3. The minimum Gasteiger partial charge on any atom is -0.496 e. The van der Waals surface area contributed by atoms with E-state index in [1.54, 1.807) is 14.2 Å². The van der Waals surface area contributed by atoms with Crippen molar-refractivity contribution in [3.63, 3.8) is 0 Å². The maximum atomic E-state index is 12.9. The highest BCUT2D eigenvalue weighted by Gasteiger charge is 2.30. The number of halogens is 2. The first-order chi connectivity index (χ1) is 13.2. The van der Waals surface area contributed by atoms with Crippen LogP contribution in [0, 0.1) is 0 Å². The molecular formula is C19H20BrClN2O4S. The van der Waals surface area contributed by atoms with E-state index >= 15 is 0 Å². The number of ether oxygens (including phenoxy) is 1. The zero-order valence-corrected chi connectivity index (χ0v) is 18.6. The molecule has 28 heavy (non-hydrogen) atoms. The highest BCUT2D eigenvalue weighted by Crippen LogP contribution is 2.28.